The number of thiazole rings is 1. The average molecular weight is 355 g/mol. The van der Waals surface area contributed by atoms with E-state index in [2.05, 4.69) is 11.6 Å². The van der Waals surface area contributed by atoms with Gasteiger partial charge in [-0.25, -0.2) is 4.98 Å². The van der Waals surface area contributed by atoms with Crippen LogP contribution in [0.5, 0.6) is 0 Å². The first-order valence-electron chi connectivity index (χ1n) is 8.24. The summed E-state index contributed by atoms with van der Waals surface area (Å²) < 4.78 is 0. The number of hydrogen-bond donors (Lipinski definition) is 0. The number of hydrogen-bond acceptors (Lipinski definition) is 4. The van der Waals surface area contributed by atoms with E-state index in [-0.39, 0.29) is 17.9 Å². The molecule has 0 saturated carbocycles. The van der Waals surface area contributed by atoms with E-state index >= 15 is 0 Å². The van der Waals surface area contributed by atoms with Crippen molar-refractivity contribution in [3.8, 4) is 0 Å². The molecule has 6 heteroatoms. The predicted octanol–water partition coefficient (Wildman–Crippen LogP) is 3.58. The van der Waals surface area contributed by atoms with Crippen LogP contribution in [-0.2, 0) is 4.79 Å². The fraction of sp³-hybridized carbons (Fsp3) is 0.316. The molecule has 2 heterocycles. The third-order valence-corrected chi connectivity index (χ3v) is 5.51. The highest BCUT2D eigenvalue weighted by molar-refractivity contribution is 7.09. The number of aryl methyl sites for hydroxylation is 1. The molecule has 1 aromatic heterocycles. The molecule has 1 aliphatic heterocycles. The second-order valence-electron chi connectivity index (χ2n) is 6.13. The van der Waals surface area contributed by atoms with E-state index < -0.39 is 0 Å². The van der Waals surface area contributed by atoms with Crippen LogP contribution in [0.2, 0.25) is 0 Å². The molecule has 0 N–H and O–H groups in total. The summed E-state index contributed by atoms with van der Waals surface area (Å²) in [6, 6.07) is 7.18. The van der Waals surface area contributed by atoms with Crippen molar-refractivity contribution in [3.05, 3.63) is 58.6 Å². The Morgan fingerprint density at radius 3 is 2.68 bits per heavy atom. The van der Waals surface area contributed by atoms with Crippen molar-refractivity contribution < 1.29 is 9.59 Å². The van der Waals surface area contributed by atoms with Gasteiger partial charge in [0.15, 0.2) is 0 Å². The van der Waals surface area contributed by atoms with Crippen LogP contribution in [-0.4, -0.2) is 35.3 Å². The summed E-state index contributed by atoms with van der Waals surface area (Å²) in [5.41, 5.74) is 2.36. The second-order valence-corrected chi connectivity index (χ2v) is 7.02. The van der Waals surface area contributed by atoms with E-state index in [1.165, 1.54) is 11.0 Å². The van der Waals surface area contributed by atoms with Gasteiger partial charge in [-0.3, -0.25) is 9.59 Å². The number of likely N-dealkylation sites (N-methyl/N-ethyl adjacent to an activating group) is 1. The highest BCUT2D eigenvalue weighted by atomic mass is 32.1. The molecule has 130 valence electrons. The zero-order valence-electron chi connectivity index (χ0n) is 14.4. The monoisotopic (exact) mass is 355 g/mol. The SMILES string of the molecule is C=CC(=O)N(C)c1ccc(C(=O)N2CCCC2c2nc(C)cs2)cc1. The van der Waals surface area contributed by atoms with Gasteiger partial charge in [0.1, 0.15) is 5.01 Å². The summed E-state index contributed by atoms with van der Waals surface area (Å²) in [7, 11) is 1.68. The number of anilines is 1. The van der Waals surface area contributed by atoms with E-state index in [0.29, 0.717) is 5.56 Å². The summed E-state index contributed by atoms with van der Waals surface area (Å²) in [5.74, 6) is -0.169. The Kier molecular flexibility index (Phi) is 4.99. The first kappa shape index (κ1) is 17.4. The minimum Gasteiger partial charge on any atom is -0.329 e. The maximum atomic E-state index is 12.9. The smallest absolute Gasteiger partial charge is 0.254 e. The lowest BCUT2D eigenvalue weighted by Gasteiger charge is -2.23. The highest BCUT2D eigenvalue weighted by Crippen LogP contribution is 2.34. The fourth-order valence-corrected chi connectivity index (χ4v) is 3.99. The van der Waals surface area contributed by atoms with E-state index in [9.17, 15) is 9.59 Å². The van der Waals surface area contributed by atoms with Crippen LogP contribution in [0.3, 0.4) is 0 Å². The van der Waals surface area contributed by atoms with E-state index in [4.69, 9.17) is 0 Å². The van der Waals surface area contributed by atoms with Crippen molar-refractivity contribution >= 4 is 28.8 Å². The van der Waals surface area contributed by atoms with E-state index in [0.717, 1.165) is 35.8 Å². The van der Waals surface area contributed by atoms with Gasteiger partial charge in [-0.1, -0.05) is 6.58 Å². The lowest BCUT2D eigenvalue weighted by atomic mass is 10.1. The molecule has 25 heavy (non-hydrogen) atoms. The van der Waals surface area contributed by atoms with Crippen LogP contribution >= 0.6 is 11.3 Å². The zero-order chi connectivity index (χ0) is 18.0. The Morgan fingerprint density at radius 2 is 2.08 bits per heavy atom. The van der Waals surface area contributed by atoms with Crippen molar-refractivity contribution in [3.63, 3.8) is 0 Å². The zero-order valence-corrected chi connectivity index (χ0v) is 15.3. The number of rotatable bonds is 4. The molecule has 3 rings (SSSR count). The van der Waals surface area contributed by atoms with Gasteiger partial charge in [-0.05, 0) is 50.1 Å². The molecular formula is C19H21N3O2S. The summed E-state index contributed by atoms with van der Waals surface area (Å²) in [4.78, 5) is 32.5. The Hall–Kier alpha value is -2.47. The molecule has 5 nitrogen and oxygen atoms in total. The number of carbonyl (C=O) groups excluding carboxylic acids is 2. The Balaban J connectivity index is 1.78. The van der Waals surface area contributed by atoms with Crippen LogP contribution < -0.4 is 4.90 Å². The van der Waals surface area contributed by atoms with Gasteiger partial charge in [0, 0.05) is 35.9 Å². The molecule has 1 unspecified atom stereocenters. The van der Waals surface area contributed by atoms with Crippen LogP contribution in [0, 0.1) is 6.92 Å². The molecule has 0 bridgehead atoms. The third kappa shape index (κ3) is 3.49. The first-order valence-corrected chi connectivity index (χ1v) is 9.12. The highest BCUT2D eigenvalue weighted by Gasteiger charge is 2.32. The molecule has 1 fully saturated rings. The van der Waals surface area contributed by atoms with E-state index in [1.54, 1.807) is 42.6 Å². The number of likely N-dealkylation sites (tertiary alicyclic amines) is 1. The van der Waals surface area contributed by atoms with Gasteiger partial charge in [-0.2, -0.15) is 0 Å². The first-order chi connectivity index (χ1) is 12.0. The summed E-state index contributed by atoms with van der Waals surface area (Å²) >= 11 is 1.62. The molecule has 2 aromatic rings. The normalized spacial score (nSPS) is 16.7. The van der Waals surface area contributed by atoms with Crippen molar-refractivity contribution in [1.82, 2.24) is 9.88 Å². The maximum Gasteiger partial charge on any atom is 0.254 e. The Bertz CT molecular complexity index is 797. The molecule has 1 saturated heterocycles. The van der Waals surface area contributed by atoms with Gasteiger partial charge in [0.05, 0.1) is 6.04 Å². The average Bonchev–Trinajstić information content (AvgIpc) is 3.28. The fourth-order valence-electron chi connectivity index (χ4n) is 3.05. The predicted molar refractivity (Wildman–Crippen MR) is 99.9 cm³/mol. The molecule has 1 aromatic carbocycles. The number of aromatic nitrogens is 1. The lowest BCUT2D eigenvalue weighted by Crippen LogP contribution is -2.30. The number of carbonyl (C=O) groups is 2. The topological polar surface area (TPSA) is 53.5 Å². The van der Waals surface area contributed by atoms with E-state index in [1.807, 2.05) is 17.2 Å². The maximum absolute atomic E-state index is 12.9. The molecular weight excluding hydrogens is 334 g/mol. The quantitative estimate of drug-likeness (QED) is 0.788. The van der Waals surface area contributed by atoms with Gasteiger partial charge >= 0.3 is 0 Å². The third-order valence-electron chi connectivity index (χ3n) is 4.44. The molecule has 1 aliphatic rings. The van der Waals surface area contributed by atoms with Gasteiger partial charge < -0.3 is 9.80 Å². The molecule has 0 radical (unpaired) electrons. The van der Waals surface area contributed by atoms with Crippen molar-refractivity contribution in [2.45, 2.75) is 25.8 Å². The minimum atomic E-state index is -0.183. The largest absolute Gasteiger partial charge is 0.329 e. The number of amides is 2. The molecule has 0 aliphatic carbocycles. The second kappa shape index (κ2) is 7.19. The Labute approximate surface area is 151 Å². The summed E-state index contributed by atoms with van der Waals surface area (Å²) in [6.45, 7) is 6.21. The van der Waals surface area contributed by atoms with Gasteiger partial charge in [-0.15, -0.1) is 11.3 Å². The van der Waals surface area contributed by atoms with Crippen LogP contribution in [0.15, 0.2) is 42.3 Å². The van der Waals surface area contributed by atoms with Crippen molar-refractivity contribution in [2.24, 2.45) is 0 Å². The molecule has 0 spiro atoms. The van der Waals surface area contributed by atoms with Crippen LogP contribution in [0.4, 0.5) is 5.69 Å². The molecule has 1 atom stereocenters. The summed E-state index contributed by atoms with van der Waals surface area (Å²) in [5, 5.41) is 3.04. The number of benzene rings is 1. The van der Waals surface area contributed by atoms with Crippen LogP contribution in [0.25, 0.3) is 0 Å². The van der Waals surface area contributed by atoms with Crippen molar-refractivity contribution in [1.29, 1.82) is 0 Å². The minimum absolute atomic E-state index is 0.0135. The summed E-state index contributed by atoms with van der Waals surface area (Å²) in [6.07, 6.45) is 3.21. The standard InChI is InChI=1S/C19H21N3O2S/c1-4-17(23)21(3)15-9-7-14(8-10-15)19(24)22-11-5-6-16(22)18-20-13(2)12-25-18/h4,7-10,12,16H,1,5-6,11H2,2-3H3. The lowest BCUT2D eigenvalue weighted by molar-refractivity contribution is -0.113. The number of nitrogens with zero attached hydrogens (tertiary/aromatic N) is 3. The van der Waals surface area contributed by atoms with Gasteiger partial charge in [0.25, 0.3) is 5.91 Å². The van der Waals surface area contributed by atoms with Crippen molar-refractivity contribution in [2.75, 3.05) is 18.5 Å². The van der Waals surface area contributed by atoms with Gasteiger partial charge in [0.2, 0.25) is 5.91 Å². The van der Waals surface area contributed by atoms with Crippen LogP contribution in [0.1, 0.15) is 39.9 Å². The molecule has 2 amide bonds. The Morgan fingerprint density at radius 1 is 1.36 bits per heavy atom.